The van der Waals surface area contributed by atoms with Crippen molar-refractivity contribution in [2.75, 3.05) is 5.32 Å². The molecule has 0 spiro atoms. The predicted octanol–water partition coefficient (Wildman–Crippen LogP) is 2.91. The molecule has 122 valence electrons. The summed E-state index contributed by atoms with van der Waals surface area (Å²) in [6.07, 6.45) is 0.827. The Bertz CT molecular complexity index is 960. The highest BCUT2D eigenvalue weighted by Crippen LogP contribution is 2.16. The third kappa shape index (κ3) is 3.06. The zero-order valence-electron chi connectivity index (χ0n) is 13.7. The number of para-hydroxylation sites is 3. The number of aryl methyl sites for hydroxylation is 2. The molecule has 0 saturated carbocycles. The Morgan fingerprint density at radius 2 is 1.83 bits per heavy atom. The second-order valence-corrected chi connectivity index (χ2v) is 5.64. The second kappa shape index (κ2) is 6.66. The molecule has 0 radical (unpaired) electrons. The zero-order valence-corrected chi connectivity index (χ0v) is 13.7. The number of fused-ring (bicyclic) bond motifs is 1. The summed E-state index contributed by atoms with van der Waals surface area (Å²) in [5.41, 5.74) is 3.36. The molecule has 0 aliphatic heterocycles. The van der Waals surface area contributed by atoms with Gasteiger partial charge in [0.15, 0.2) is 0 Å². The maximum Gasteiger partial charge on any atom is 0.272 e. The van der Waals surface area contributed by atoms with Gasteiger partial charge in [0.05, 0.1) is 11.0 Å². The van der Waals surface area contributed by atoms with E-state index < -0.39 is 0 Å². The van der Waals surface area contributed by atoms with Gasteiger partial charge in [-0.3, -0.25) is 14.2 Å². The van der Waals surface area contributed by atoms with Crippen LogP contribution in [0.3, 0.4) is 0 Å². The van der Waals surface area contributed by atoms with Gasteiger partial charge in [0.1, 0.15) is 12.2 Å². The minimum atomic E-state index is -0.243. The molecule has 0 fully saturated rings. The van der Waals surface area contributed by atoms with Crippen molar-refractivity contribution in [3.8, 4) is 0 Å². The van der Waals surface area contributed by atoms with Crippen LogP contribution in [0.1, 0.15) is 18.2 Å². The Morgan fingerprint density at radius 3 is 2.62 bits per heavy atom. The van der Waals surface area contributed by atoms with Gasteiger partial charge in [-0.25, -0.2) is 4.98 Å². The van der Waals surface area contributed by atoms with Crippen LogP contribution in [0.2, 0.25) is 0 Å². The smallest absolute Gasteiger partial charge is 0.272 e. The molecular weight excluding hydrogens is 302 g/mol. The number of carbonyl (C=O) groups excluding carboxylic acids is 1. The van der Waals surface area contributed by atoms with Crippen LogP contribution in [-0.4, -0.2) is 15.5 Å². The maximum atomic E-state index is 12.5. The summed E-state index contributed by atoms with van der Waals surface area (Å²) in [4.78, 5) is 29.2. The molecule has 0 bridgehead atoms. The van der Waals surface area contributed by atoms with E-state index in [2.05, 4.69) is 10.3 Å². The molecule has 0 saturated heterocycles. The Balaban J connectivity index is 1.94. The molecule has 5 nitrogen and oxygen atoms in total. The summed E-state index contributed by atoms with van der Waals surface area (Å²) in [6.45, 7) is 3.66. The van der Waals surface area contributed by atoms with E-state index in [1.807, 2.05) is 49.4 Å². The first-order valence-corrected chi connectivity index (χ1v) is 7.94. The van der Waals surface area contributed by atoms with E-state index in [1.165, 1.54) is 4.57 Å². The van der Waals surface area contributed by atoms with Gasteiger partial charge in [-0.1, -0.05) is 37.3 Å². The zero-order chi connectivity index (χ0) is 17.1. The number of hydrogen-bond acceptors (Lipinski definition) is 3. The van der Waals surface area contributed by atoms with Crippen molar-refractivity contribution in [3.63, 3.8) is 0 Å². The standard InChI is InChI=1S/C19H19N3O2/c1-3-14-8-4-5-9-15(14)21-18(23)12-22-17-11-7-6-10-16(17)20-13(2)19(22)24/h4-11H,3,12H2,1-2H3,(H,21,23). The number of nitrogens with one attached hydrogen (secondary N) is 1. The van der Waals surface area contributed by atoms with Crippen molar-refractivity contribution < 1.29 is 4.79 Å². The lowest BCUT2D eigenvalue weighted by Crippen LogP contribution is -2.30. The van der Waals surface area contributed by atoms with Gasteiger partial charge in [-0.15, -0.1) is 0 Å². The maximum absolute atomic E-state index is 12.5. The summed E-state index contributed by atoms with van der Waals surface area (Å²) in [6, 6.07) is 15.0. The fraction of sp³-hybridized carbons (Fsp3) is 0.211. The van der Waals surface area contributed by atoms with Gasteiger partial charge in [0, 0.05) is 5.69 Å². The van der Waals surface area contributed by atoms with Crippen LogP contribution in [0.5, 0.6) is 0 Å². The third-order valence-electron chi connectivity index (χ3n) is 3.99. The molecular formula is C19H19N3O2. The highest BCUT2D eigenvalue weighted by molar-refractivity contribution is 5.92. The number of hydrogen-bond donors (Lipinski definition) is 1. The Morgan fingerprint density at radius 1 is 1.12 bits per heavy atom. The molecule has 2 aromatic carbocycles. The van der Waals surface area contributed by atoms with Gasteiger partial charge in [-0.2, -0.15) is 0 Å². The second-order valence-electron chi connectivity index (χ2n) is 5.64. The summed E-state index contributed by atoms with van der Waals surface area (Å²) in [7, 11) is 0. The molecule has 0 atom stereocenters. The van der Waals surface area contributed by atoms with Gasteiger partial charge in [-0.05, 0) is 37.1 Å². The highest BCUT2D eigenvalue weighted by Gasteiger charge is 2.12. The lowest BCUT2D eigenvalue weighted by Gasteiger charge is -2.13. The normalized spacial score (nSPS) is 10.8. The van der Waals surface area contributed by atoms with Crippen molar-refractivity contribution in [1.82, 2.24) is 9.55 Å². The fourth-order valence-electron chi connectivity index (χ4n) is 2.76. The monoisotopic (exact) mass is 321 g/mol. The first-order valence-electron chi connectivity index (χ1n) is 7.94. The van der Waals surface area contributed by atoms with E-state index in [-0.39, 0.29) is 18.0 Å². The van der Waals surface area contributed by atoms with E-state index in [1.54, 1.807) is 13.0 Å². The number of amides is 1. The number of nitrogens with zero attached hydrogens (tertiary/aromatic N) is 2. The van der Waals surface area contributed by atoms with Crippen LogP contribution in [0.25, 0.3) is 11.0 Å². The van der Waals surface area contributed by atoms with Crippen LogP contribution in [-0.2, 0) is 17.8 Å². The minimum absolute atomic E-state index is 0.0409. The van der Waals surface area contributed by atoms with Crippen molar-refractivity contribution >= 4 is 22.6 Å². The lowest BCUT2D eigenvalue weighted by atomic mass is 10.1. The third-order valence-corrected chi connectivity index (χ3v) is 3.99. The molecule has 3 rings (SSSR count). The SMILES string of the molecule is CCc1ccccc1NC(=O)Cn1c(=O)c(C)nc2ccccc21. The number of carbonyl (C=O) groups is 1. The van der Waals surface area contributed by atoms with Crippen LogP contribution in [0.15, 0.2) is 53.3 Å². The van der Waals surface area contributed by atoms with Gasteiger partial charge < -0.3 is 5.32 Å². The first kappa shape index (κ1) is 15.9. The largest absolute Gasteiger partial charge is 0.324 e. The van der Waals surface area contributed by atoms with Crippen molar-refractivity contribution in [2.45, 2.75) is 26.8 Å². The molecule has 0 aliphatic carbocycles. The molecule has 1 heterocycles. The molecule has 24 heavy (non-hydrogen) atoms. The molecule has 1 amide bonds. The summed E-state index contributed by atoms with van der Waals surface area (Å²) in [5.74, 6) is -0.228. The Kier molecular flexibility index (Phi) is 4.42. The molecule has 0 aliphatic rings. The minimum Gasteiger partial charge on any atom is -0.324 e. The van der Waals surface area contributed by atoms with Gasteiger partial charge in [0.25, 0.3) is 5.56 Å². The van der Waals surface area contributed by atoms with Gasteiger partial charge >= 0.3 is 0 Å². The summed E-state index contributed by atoms with van der Waals surface area (Å²) < 4.78 is 1.47. The summed E-state index contributed by atoms with van der Waals surface area (Å²) in [5, 5.41) is 2.90. The van der Waals surface area contributed by atoms with Crippen LogP contribution < -0.4 is 10.9 Å². The number of anilines is 1. The molecule has 5 heteroatoms. The summed E-state index contributed by atoms with van der Waals surface area (Å²) >= 11 is 0. The van der Waals surface area contributed by atoms with Crippen LogP contribution in [0.4, 0.5) is 5.69 Å². The van der Waals surface area contributed by atoms with Crippen LogP contribution >= 0.6 is 0 Å². The van der Waals surface area contributed by atoms with Gasteiger partial charge in [0.2, 0.25) is 5.91 Å². The molecule has 1 aromatic heterocycles. The van der Waals surface area contributed by atoms with E-state index in [0.717, 1.165) is 17.7 Å². The molecule has 0 unspecified atom stereocenters. The molecule has 1 N–H and O–H groups in total. The van der Waals surface area contributed by atoms with E-state index in [0.29, 0.717) is 16.7 Å². The number of aromatic nitrogens is 2. The first-order chi connectivity index (χ1) is 11.6. The topological polar surface area (TPSA) is 64.0 Å². The molecule has 3 aromatic rings. The average Bonchev–Trinajstić information content (AvgIpc) is 2.59. The Hall–Kier alpha value is -2.95. The number of rotatable bonds is 4. The van der Waals surface area contributed by atoms with Crippen LogP contribution in [0, 0.1) is 6.92 Å². The van der Waals surface area contributed by atoms with Crippen molar-refractivity contribution in [3.05, 3.63) is 70.1 Å². The Labute approximate surface area is 140 Å². The van der Waals surface area contributed by atoms with E-state index in [4.69, 9.17) is 0 Å². The quantitative estimate of drug-likeness (QED) is 0.803. The van der Waals surface area contributed by atoms with E-state index in [9.17, 15) is 9.59 Å². The predicted molar refractivity (Wildman–Crippen MR) is 95.2 cm³/mol. The highest BCUT2D eigenvalue weighted by atomic mass is 16.2. The lowest BCUT2D eigenvalue weighted by molar-refractivity contribution is -0.116. The van der Waals surface area contributed by atoms with Crippen molar-refractivity contribution in [2.24, 2.45) is 0 Å². The average molecular weight is 321 g/mol. The number of benzene rings is 2. The van der Waals surface area contributed by atoms with E-state index >= 15 is 0 Å². The fourth-order valence-corrected chi connectivity index (χ4v) is 2.76. The van der Waals surface area contributed by atoms with Crippen molar-refractivity contribution in [1.29, 1.82) is 0 Å².